The van der Waals surface area contributed by atoms with E-state index in [1.165, 1.54) is 12.8 Å². The molecule has 1 aliphatic carbocycles. The van der Waals surface area contributed by atoms with Crippen LogP contribution in [-0.4, -0.2) is 21.5 Å². The van der Waals surface area contributed by atoms with Crippen LogP contribution in [0.4, 0.5) is 0 Å². The topological polar surface area (TPSA) is 51.8 Å². The van der Waals surface area contributed by atoms with E-state index in [0.29, 0.717) is 11.3 Å². The van der Waals surface area contributed by atoms with E-state index in [1.54, 1.807) is 16.8 Å². The van der Waals surface area contributed by atoms with Crippen LogP contribution in [-0.2, 0) is 0 Å². The number of hydrogen-bond donors (Lipinski definition) is 1. The summed E-state index contributed by atoms with van der Waals surface area (Å²) in [5, 5.41) is 8.49. The Bertz CT molecular complexity index is 313. The van der Waals surface area contributed by atoms with Gasteiger partial charge in [0.05, 0.1) is 0 Å². The summed E-state index contributed by atoms with van der Waals surface area (Å²) in [6, 6.07) is 0.323. The van der Waals surface area contributed by atoms with Gasteiger partial charge in [-0.15, -0.1) is 10.2 Å². The van der Waals surface area contributed by atoms with Gasteiger partial charge >= 0.3 is 0 Å². The summed E-state index contributed by atoms with van der Waals surface area (Å²) in [5.74, 6) is 1.59. The third-order valence-corrected chi connectivity index (χ3v) is 5.61. The van der Waals surface area contributed by atoms with Crippen LogP contribution in [0.15, 0.2) is 9.85 Å². The first-order valence-corrected chi connectivity index (χ1v) is 7.61. The minimum Gasteiger partial charge on any atom is -0.327 e. The maximum atomic E-state index is 6.19. The van der Waals surface area contributed by atoms with Crippen molar-refractivity contribution < 1.29 is 0 Å². The van der Waals surface area contributed by atoms with Crippen LogP contribution in [0.2, 0.25) is 0 Å². The molecule has 90 valence electrons. The van der Waals surface area contributed by atoms with Crippen molar-refractivity contribution in [2.24, 2.45) is 17.6 Å². The Labute approximate surface area is 105 Å². The molecule has 3 unspecified atom stereocenters. The van der Waals surface area contributed by atoms with Crippen molar-refractivity contribution in [1.29, 1.82) is 0 Å². The minimum absolute atomic E-state index is 0.323. The van der Waals surface area contributed by atoms with Crippen LogP contribution in [0.1, 0.15) is 33.1 Å². The van der Waals surface area contributed by atoms with Crippen LogP contribution in [0.5, 0.6) is 0 Å². The average molecular weight is 257 g/mol. The summed E-state index contributed by atoms with van der Waals surface area (Å²) in [6.45, 7) is 4.63. The van der Waals surface area contributed by atoms with Crippen molar-refractivity contribution in [3.8, 4) is 0 Å². The Kier molecular flexibility index (Phi) is 4.21. The molecule has 1 fully saturated rings. The SMILES string of the molecule is CC(C)C1CCC(N)C(Sc2nncs2)C1. The number of aromatic nitrogens is 2. The second-order valence-corrected chi connectivity index (χ2v) is 7.16. The molecular weight excluding hydrogens is 238 g/mol. The van der Waals surface area contributed by atoms with Crippen LogP contribution in [0, 0.1) is 11.8 Å². The van der Waals surface area contributed by atoms with Crippen molar-refractivity contribution in [3.05, 3.63) is 5.51 Å². The largest absolute Gasteiger partial charge is 0.327 e. The van der Waals surface area contributed by atoms with Crippen molar-refractivity contribution in [2.75, 3.05) is 0 Å². The van der Waals surface area contributed by atoms with Gasteiger partial charge in [0.15, 0.2) is 4.34 Å². The number of rotatable bonds is 3. The van der Waals surface area contributed by atoms with Crippen molar-refractivity contribution >= 4 is 23.1 Å². The fourth-order valence-electron chi connectivity index (χ4n) is 2.27. The molecule has 0 aromatic carbocycles. The molecule has 1 aromatic heterocycles. The highest BCUT2D eigenvalue weighted by Gasteiger charge is 2.30. The molecule has 0 radical (unpaired) electrons. The molecular formula is C11H19N3S2. The molecule has 0 bridgehead atoms. The van der Waals surface area contributed by atoms with Gasteiger partial charge in [-0.05, 0) is 31.1 Å². The van der Waals surface area contributed by atoms with E-state index < -0.39 is 0 Å². The third-order valence-electron chi connectivity index (χ3n) is 3.42. The van der Waals surface area contributed by atoms with E-state index in [-0.39, 0.29) is 0 Å². The highest BCUT2D eigenvalue weighted by molar-refractivity contribution is 8.01. The van der Waals surface area contributed by atoms with E-state index in [9.17, 15) is 0 Å². The lowest BCUT2D eigenvalue weighted by molar-refractivity contribution is 0.266. The van der Waals surface area contributed by atoms with Gasteiger partial charge in [-0.1, -0.05) is 36.9 Å². The Balaban J connectivity index is 1.96. The van der Waals surface area contributed by atoms with Crippen LogP contribution >= 0.6 is 23.1 Å². The smallest absolute Gasteiger partial charge is 0.174 e. The maximum absolute atomic E-state index is 6.19. The quantitative estimate of drug-likeness (QED) is 0.904. The van der Waals surface area contributed by atoms with Gasteiger partial charge in [-0.2, -0.15) is 0 Å². The van der Waals surface area contributed by atoms with Crippen LogP contribution < -0.4 is 5.73 Å². The molecule has 16 heavy (non-hydrogen) atoms. The van der Waals surface area contributed by atoms with Crippen LogP contribution in [0.3, 0.4) is 0 Å². The maximum Gasteiger partial charge on any atom is 0.174 e. The number of hydrogen-bond acceptors (Lipinski definition) is 5. The fraction of sp³-hybridized carbons (Fsp3) is 0.818. The zero-order valence-electron chi connectivity index (χ0n) is 9.80. The predicted octanol–water partition coefficient (Wildman–Crippen LogP) is 2.78. The molecule has 3 atom stereocenters. The highest BCUT2D eigenvalue weighted by atomic mass is 32.2. The van der Waals surface area contributed by atoms with E-state index in [1.807, 2.05) is 11.8 Å². The molecule has 0 amide bonds. The molecule has 3 nitrogen and oxygen atoms in total. The predicted molar refractivity (Wildman–Crippen MR) is 69.7 cm³/mol. The molecule has 1 heterocycles. The van der Waals surface area contributed by atoms with Gasteiger partial charge in [0.2, 0.25) is 0 Å². The molecule has 2 N–H and O–H groups in total. The highest BCUT2D eigenvalue weighted by Crippen LogP contribution is 2.38. The Hall–Kier alpha value is -0.130. The van der Waals surface area contributed by atoms with Gasteiger partial charge in [0.25, 0.3) is 0 Å². The normalized spacial score (nSPS) is 30.9. The monoisotopic (exact) mass is 257 g/mol. The zero-order chi connectivity index (χ0) is 11.5. The lowest BCUT2D eigenvalue weighted by Crippen LogP contribution is -2.39. The molecule has 0 spiro atoms. The number of thioether (sulfide) groups is 1. The van der Waals surface area contributed by atoms with Gasteiger partial charge < -0.3 is 5.73 Å². The second-order valence-electron chi connectivity index (χ2n) is 4.84. The fourth-order valence-corrected chi connectivity index (χ4v) is 4.28. The lowest BCUT2D eigenvalue weighted by atomic mass is 9.79. The molecule has 2 rings (SSSR count). The third kappa shape index (κ3) is 2.96. The molecule has 0 saturated heterocycles. The molecule has 0 aliphatic heterocycles. The first-order chi connectivity index (χ1) is 7.66. The first kappa shape index (κ1) is 12.3. The minimum atomic E-state index is 0.323. The van der Waals surface area contributed by atoms with E-state index in [0.717, 1.165) is 22.6 Å². The van der Waals surface area contributed by atoms with Gasteiger partial charge in [0.1, 0.15) is 5.51 Å². The van der Waals surface area contributed by atoms with Crippen molar-refractivity contribution in [1.82, 2.24) is 10.2 Å². The molecule has 1 aromatic rings. The zero-order valence-corrected chi connectivity index (χ0v) is 11.4. The summed E-state index contributed by atoms with van der Waals surface area (Å²) < 4.78 is 1.06. The van der Waals surface area contributed by atoms with E-state index in [2.05, 4.69) is 24.0 Å². The summed E-state index contributed by atoms with van der Waals surface area (Å²) in [6.07, 6.45) is 3.66. The summed E-state index contributed by atoms with van der Waals surface area (Å²) in [4.78, 5) is 0. The van der Waals surface area contributed by atoms with Crippen LogP contribution in [0.25, 0.3) is 0 Å². The van der Waals surface area contributed by atoms with Gasteiger partial charge in [-0.3, -0.25) is 0 Å². The number of nitrogens with zero attached hydrogens (tertiary/aromatic N) is 2. The summed E-state index contributed by atoms with van der Waals surface area (Å²) in [5.41, 5.74) is 7.98. The second kappa shape index (κ2) is 5.47. The Morgan fingerprint density at radius 2 is 2.31 bits per heavy atom. The van der Waals surface area contributed by atoms with Crippen molar-refractivity contribution in [3.63, 3.8) is 0 Å². The standard InChI is InChI=1S/C11H19N3S2/c1-7(2)8-3-4-9(12)10(5-8)16-11-14-13-6-15-11/h6-10H,3-5,12H2,1-2H3. The Morgan fingerprint density at radius 1 is 1.50 bits per heavy atom. The lowest BCUT2D eigenvalue weighted by Gasteiger charge is -2.35. The van der Waals surface area contributed by atoms with E-state index in [4.69, 9.17) is 5.73 Å². The van der Waals surface area contributed by atoms with Gasteiger partial charge in [0, 0.05) is 11.3 Å². The summed E-state index contributed by atoms with van der Waals surface area (Å²) >= 11 is 3.43. The van der Waals surface area contributed by atoms with E-state index >= 15 is 0 Å². The molecule has 1 saturated carbocycles. The molecule has 1 aliphatic rings. The Morgan fingerprint density at radius 3 is 2.94 bits per heavy atom. The summed E-state index contributed by atoms with van der Waals surface area (Å²) in [7, 11) is 0. The van der Waals surface area contributed by atoms with Gasteiger partial charge in [-0.25, -0.2) is 0 Å². The average Bonchev–Trinajstić information content (AvgIpc) is 2.73. The number of nitrogens with two attached hydrogens (primary N) is 1. The van der Waals surface area contributed by atoms with Crippen molar-refractivity contribution in [2.45, 2.75) is 48.7 Å². The first-order valence-electron chi connectivity index (χ1n) is 5.85. The molecule has 5 heteroatoms.